The third-order valence-corrected chi connectivity index (χ3v) is 4.99. The van der Waals surface area contributed by atoms with Gasteiger partial charge >= 0.3 is 5.97 Å². The second-order valence-electron chi connectivity index (χ2n) is 6.78. The first kappa shape index (κ1) is 21.3. The molecule has 0 aromatic heterocycles. The molecule has 0 heterocycles. The van der Waals surface area contributed by atoms with Gasteiger partial charge in [0.15, 0.2) is 12.4 Å². The van der Waals surface area contributed by atoms with E-state index in [-0.39, 0.29) is 16.9 Å². The molecular weight excluding hydrogens is 402 g/mol. The van der Waals surface area contributed by atoms with Crippen molar-refractivity contribution in [1.29, 1.82) is 0 Å². The van der Waals surface area contributed by atoms with Gasteiger partial charge in [-0.2, -0.15) is 0 Å². The van der Waals surface area contributed by atoms with Crippen LogP contribution >= 0.6 is 11.6 Å². The second-order valence-corrected chi connectivity index (χ2v) is 7.18. The molecule has 0 aliphatic rings. The largest absolute Gasteiger partial charge is 0.452 e. The summed E-state index contributed by atoms with van der Waals surface area (Å²) in [5, 5.41) is 3.18. The lowest BCUT2D eigenvalue weighted by atomic mass is 9.98. The summed E-state index contributed by atoms with van der Waals surface area (Å²) in [6.45, 7) is 3.21. The second kappa shape index (κ2) is 9.37. The van der Waals surface area contributed by atoms with Crippen LogP contribution in [0.3, 0.4) is 0 Å². The van der Waals surface area contributed by atoms with E-state index >= 15 is 0 Å². The van der Waals surface area contributed by atoms with E-state index in [1.807, 2.05) is 19.1 Å². The Bertz CT molecular complexity index is 1110. The fourth-order valence-electron chi connectivity index (χ4n) is 2.86. The van der Waals surface area contributed by atoms with Crippen LogP contribution in [0.1, 0.15) is 37.4 Å². The molecule has 0 bridgehead atoms. The van der Waals surface area contributed by atoms with Gasteiger partial charge in [-0.15, -0.1) is 0 Å². The third-order valence-electron chi connectivity index (χ3n) is 4.58. The summed E-state index contributed by atoms with van der Waals surface area (Å²) in [7, 11) is 0. The number of esters is 1. The van der Waals surface area contributed by atoms with Crippen LogP contribution in [0.15, 0.2) is 66.7 Å². The maximum absolute atomic E-state index is 12.8. The summed E-state index contributed by atoms with van der Waals surface area (Å²) in [5.74, 6) is -1.54. The predicted molar refractivity (Wildman–Crippen MR) is 116 cm³/mol. The number of benzene rings is 3. The topological polar surface area (TPSA) is 72.5 Å². The van der Waals surface area contributed by atoms with Crippen LogP contribution in [0.4, 0.5) is 5.69 Å². The standard InChI is InChI=1S/C24H20ClNO4/c1-15-10-12-17(13-11-15)23(28)18-6-3-4-7-19(18)24(29)30-14-22(27)26-21-9-5-8-20(25)16(21)2/h3-13H,14H2,1-2H3,(H,26,27). The van der Waals surface area contributed by atoms with E-state index in [0.717, 1.165) is 5.56 Å². The number of hydrogen-bond acceptors (Lipinski definition) is 4. The lowest BCUT2D eigenvalue weighted by Crippen LogP contribution is -2.22. The highest BCUT2D eigenvalue weighted by atomic mass is 35.5. The zero-order valence-electron chi connectivity index (χ0n) is 16.6. The summed E-state index contributed by atoms with van der Waals surface area (Å²) < 4.78 is 5.14. The van der Waals surface area contributed by atoms with E-state index in [4.69, 9.17) is 16.3 Å². The molecule has 0 aliphatic heterocycles. The Labute approximate surface area is 179 Å². The maximum Gasteiger partial charge on any atom is 0.339 e. The van der Waals surface area contributed by atoms with E-state index < -0.39 is 18.5 Å². The van der Waals surface area contributed by atoms with Crippen LogP contribution in [-0.4, -0.2) is 24.3 Å². The Morgan fingerprint density at radius 2 is 1.53 bits per heavy atom. The van der Waals surface area contributed by atoms with Gasteiger partial charge < -0.3 is 10.1 Å². The van der Waals surface area contributed by atoms with Gasteiger partial charge in [0.05, 0.1) is 5.56 Å². The number of carbonyl (C=O) groups excluding carboxylic acids is 3. The molecule has 0 atom stereocenters. The predicted octanol–water partition coefficient (Wildman–Crippen LogP) is 4.98. The molecule has 0 fully saturated rings. The molecule has 30 heavy (non-hydrogen) atoms. The minimum Gasteiger partial charge on any atom is -0.452 e. The number of carbonyl (C=O) groups is 3. The molecule has 1 N–H and O–H groups in total. The van der Waals surface area contributed by atoms with Gasteiger partial charge in [0.25, 0.3) is 5.91 Å². The molecule has 152 valence electrons. The minimum absolute atomic E-state index is 0.106. The highest BCUT2D eigenvalue weighted by Gasteiger charge is 2.20. The lowest BCUT2D eigenvalue weighted by molar-refractivity contribution is -0.119. The molecule has 6 heteroatoms. The van der Waals surface area contributed by atoms with Gasteiger partial charge in [-0.1, -0.05) is 65.7 Å². The Morgan fingerprint density at radius 1 is 0.867 bits per heavy atom. The molecule has 3 rings (SSSR count). The van der Waals surface area contributed by atoms with Gasteiger partial charge in [-0.05, 0) is 37.6 Å². The SMILES string of the molecule is Cc1ccc(C(=O)c2ccccc2C(=O)OCC(=O)Nc2cccc(Cl)c2C)cc1. The Balaban J connectivity index is 1.70. The van der Waals surface area contributed by atoms with E-state index in [0.29, 0.717) is 21.8 Å². The van der Waals surface area contributed by atoms with Crippen LogP contribution < -0.4 is 5.32 Å². The molecule has 3 aromatic carbocycles. The van der Waals surface area contributed by atoms with E-state index in [1.165, 1.54) is 6.07 Å². The number of anilines is 1. The van der Waals surface area contributed by atoms with E-state index in [2.05, 4.69) is 5.32 Å². The zero-order valence-corrected chi connectivity index (χ0v) is 17.3. The first-order chi connectivity index (χ1) is 14.4. The summed E-state index contributed by atoms with van der Waals surface area (Å²) in [5.41, 5.74) is 3.08. The number of nitrogens with one attached hydrogen (secondary N) is 1. The third kappa shape index (κ3) is 4.93. The molecule has 3 aromatic rings. The number of hydrogen-bond donors (Lipinski definition) is 1. The van der Waals surface area contributed by atoms with Crippen molar-refractivity contribution in [1.82, 2.24) is 0 Å². The van der Waals surface area contributed by atoms with Crippen LogP contribution in [-0.2, 0) is 9.53 Å². The molecular formula is C24H20ClNO4. The smallest absolute Gasteiger partial charge is 0.339 e. The highest BCUT2D eigenvalue weighted by molar-refractivity contribution is 6.31. The van der Waals surface area contributed by atoms with Crippen molar-refractivity contribution >= 4 is 34.9 Å². The summed E-state index contributed by atoms with van der Waals surface area (Å²) in [6, 6.07) is 18.6. The first-order valence-electron chi connectivity index (χ1n) is 9.29. The number of ketones is 1. The average Bonchev–Trinajstić information content (AvgIpc) is 2.75. The van der Waals surface area contributed by atoms with Crippen molar-refractivity contribution in [3.63, 3.8) is 0 Å². The highest BCUT2D eigenvalue weighted by Crippen LogP contribution is 2.23. The molecule has 0 saturated carbocycles. The van der Waals surface area contributed by atoms with Crippen molar-refractivity contribution in [2.45, 2.75) is 13.8 Å². The lowest BCUT2D eigenvalue weighted by Gasteiger charge is -2.11. The van der Waals surface area contributed by atoms with Crippen LogP contribution in [0, 0.1) is 13.8 Å². The Morgan fingerprint density at radius 3 is 2.23 bits per heavy atom. The normalized spacial score (nSPS) is 10.4. The van der Waals surface area contributed by atoms with Crippen molar-refractivity contribution < 1.29 is 19.1 Å². The van der Waals surface area contributed by atoms with Crippen molar-refractivity contribution in [3.05, 3.63) is 99.6 Å². The average molecular weight is 422 g/mol. The molecule has 0 spiro atoms. The molecule has 0 aliphatic carbocycles. The maximum atomic E-state index is 12.8. The molecule has 5 nitrogen and oxygen atoms in total. The van der Waals surface area contributed by atoms with Gasteiger partial charge in [0, 0.05) is 21.8 Å². The number of rotatable bonds is 6. The quantitative estimate of drug-likeness (QED) is 0.450. The van der Waals surface area contributed by atoms with Gasteiger partial charge in [-0.25, -0.2) is 4.79 Å². The zero-order chi connectivity index (χ0) is 21.7. The summed E-state index contributed by atoms with van der Waals surface area (Å²) in [4.78, 5) is 37.6. The Hall–Kier alpha value is -3.44. The fraction of sp³-hybridized carbons (Fsp3) is 0.125. The van der Waals surface area contributed by atoms with E-state index in [9.17, 15) is 14.4 Å². The van der Waals surface area contributed by atoms with Crippen molar-refractivity contribution in [2.24, 2.45) is 0 Å². The molecule has 0 radical (unpaired) electrons. The first-order valence-corrected chi connectivity index (χ1v) is 9.67. The minimum atomic E-state index is -0.746. The molecule has 1 amide bonds. The molecule has 0 saturated heterocycles. The number of ether oxygens (including phenoxy) is 1. The van der Waals surface area contributed by atoms with Crippen LogP contribution in [0.5, 0.6) is 0 Å². The van der Waals surface area contributed by atoms with Crippen LogP contribution in [0.25, 0.3) is 0 Å². The number of aryl methyl sites for hydroxylation is 1. The van der Waals surface area contributed by atoms with Crippen LogP contribution in [0.2, 0.25) is 5.02 Å². The van der Waals surface area contributed by atoms with Gasteiger partial charge in [0.2, 0.25) is 0 Å². The Kier molecular flexibility index (Phi) is 6.65. The molecule has 0 unspecified atom stereocenters. The van der Waals surface area contributed by atoms with Crippen molar-refractivity contribution in [3.8, 4) is 0 Å². The summed E-state index contributed by atoms with van der Waals surface area (Å²) in [6.07, 6.45) is 0. The van der Waals surface area contributed by atoms with Crippen molar-refractivity contribution in [2.75, 3.05) is 11.9 Å². The fourth-order valence-corrected chi connectivity index (χ4v) is 3.03. The van der Waals surface area contributed by atoms with Gasteiger partial charge in [-0.3, -0.25) is 9.59 Å². The van der Waals surface area contributed by atoms with E-state index in [1.54, 1.807) is 55.5 Å². The van der Waals surface area contributed by atoms with Gasteiger partial charge in [0.1, 0.15) is 0 Å². The number of amides is 1. The summed E-state index contributed by atoms with van der Waals surface area (Å²) >= 11 is 6.04. The monoisotopic (exact) mass is 421 g/mol. The number of halogens is 1.